The fraction of sp³-hybridized carbons (Fsp3) is 0. The van der Waals surface area contributed by atoms with Gasteiger partial charge in [-0.3, -0.25) is 4.57 Å². The summed E-state index contributed by atoms with van der Waals surface area (Å²) >= 11 is 0. The molecule has 0 saturated heterocycles. The van der Waals surface area contributed by atoms with E-state index in [1.807, 2.05) is 18.2 Å². The van der Waals surface area contributed by atoms with Gasteiger partial charge in [-0.05, 0) is 36.4 Å². The number of aromatic nitrogens is 5. The van der Waals surface area contributed by atoms with E-state index in [4.69, 9.17) is 15.0 Å². The van der Waals surface area contributed by atoms with Crippen molar-refractivity contribution in [2.24, 2.45) is 0 Å². The summed E-state index contributed by atoms with van der Waals surface area (Å²) in [6.07, 6.45) is 0. The van der Waals surface area contributed by atoms with Crippen LogP contribution in [0.15, 0.2) is 152 Å². The van der Waals surface area contributed by atoms with Gasteiger partial charge in [0.15, 0.2) is 11.6 Å². The van der Waals surface area contributed by atoms with Crippen LogP contribution in [0.3, 0.4) is 0 Å². The van der Waals surface area contributed by atoms with E-state index >= 15 is 0 Å². The Morgan fingerprint density at radius 1 is 0.364 bits per heavy atom. The molecule has 0 N–H and O–H groups in total. The number of nitrogens with zero attached hydrogens (tertiary/aromatic N) is 5. The highest BCUT2D eigenvalue weighted by Gasteiger charge is 2.21. The minimum absolute atomic E-state index is 0.593. The molecular formula is C39H25N5. The summed E-state index contributed by atoms with van der Waals surface area (Å²) in [6, 6.07) is 52.5. The molecule has 9 aromatic rings. The third kappa shape index (κ3) is 3.69. The minimum Gasteiger partial charge on any atom is -0.309 e. The van der Waals surface area contributed by atoms with Crippen LogP contribution >= 0.6 is 0 Å². The summed E-state index contributed by atoms with van der Waals surface area (Å²) < 4.78 is 4.48. The maximum atomic E-state index is 5.24. The molecule has 0 spiro atoms. The summed E-state index contributed by atoms with van der Waals surface area (Å²) in [4.78, 5) is 15.5. The van der Waals surface area contributed by atoms with Crippen molar-refractivity contribution in [1.82, 2.24) is 24.1 Å². The molecule has 0 atom stereocenters. The van der Waals surface area contributed by atoms with E-state index in [0.29, 0.717) is 17.6 Å². The number of para-hydroxylation sites is 4. The van der Waals surface area contributed by atoms with E-state index in [1.165, 1.54) is 10.8 Å². The summed E-state index contributed by atoms with van der Waals surface area (Å²) in [6.45, 7) is 0. The molecule has 0 bridgehead atoms. The van der Waals surface area contributed by atoms with Gasteiger partial charge in [-0.1, -0.05) is 115 Å². The number of hydrogen-bond acceptors (Lipinski definition) is 3. The first-order valence-corrected chi connectivity index (χ1v) is 14.7. The average Bonchev–Trinajstić information content (AvgIpc) is 3.62. The molecule has 9 rings (SSSR count). The molecule has 0 aliphatic heterocycles. The quantitative estimate of drug-likeness (QED) is 0.214. The predicted molar refractivity (Wildman–Crippen MR) is 179 cm³/mol. The number of rotatable bonds is 4. The number of fused-ring (bicyclic) bond motifs is 6. The smallest absolute Gasteiger partial charge is 0.238 e. The highest BCUT2D eigenvalue weighted by Crippen LogP contribution is 2.38. The van der Waals surface area contributed by atoms with Gasteiger partial charge < -0.3 is 4.57 Å². The van der Waals surface area contributed by atoms with Crippen LogP contribution < -0.4 is 0 Å². The highest BCUT2D eigenvalue weighted by atomic mass is 15.2. The monoisotopic (exact) mass is 563 g/mol. The van der Waals surface area contributed by atoms with Gasteiger partial charge in [0.1, 0.15) is 0 Å². The van der Waals surface area contributed by atoms with Gasteiger partial charge in [0, 0.05) is 38.4 Å². The molecule has 5 heteroatoms. The lowest BCUT2D eigenvalue weighted by Gasteiger charge is -2.12. The molecule has 206 valence electrons. The van der Waals surface area contributed by atoms with Crippen LogP contribution in [0.2, 0.25) is 0 Å². The Hall–Kier alpha value is -6.07. The largest absolute Gasteiger partial charge is 0.309 e. The maximum absolute atomic E-state index is 5.24. The fourth-order valence-corrected chi connectivity index (χ4v) is 6.50. The Labute approximate surface area is 253 Å². The molecule has 3 aromatic heterocycles. The van der Waals surface area contributed by atoms with E-state index in [9.17, 15) is 0 Å². The Kier molecular flexibility index (Phi) is 5.43. The minimum atomic E-state index is 0.593. The standard InChI is InChI=1S/C39H25N5/c1-3-14-26(15-4-1)37-40-38(42-39(41-37)44-32-22-10-7-18-28(32)29-19-8-11-23-33(29)44)31-21-13-25-35-36(31)30-20-9-12-24-34(30)43(35)27-16-5-2-6-17-27/h1-25H. The first-order valence-electron chi connectivity index (χ1n) is 14.7. The Bertz CT molecular complexity index is 2440. The van der Waals surface area contributed by atoms with Crippen molar-refractivity contribution < 1.29 is 0 Å². The van der Waals surface area contributed by atoms with Crippen LogP contribution in [0, 0.1) is 0 Å². The van der Waals surface area contributed by atoms with Crippen LogP contribution in [-0.2, 0) is 0 Å². The van der Waals surface area contributed by atoms with E-state index in [-0.39, 0.29) is 0 Å². The van der Waals surface area contributed by atoms with E-state index < -0.39 is 0 Å². The Balaban J connectivity index is 1.39. The van der Waals surface area contributed by atoms with Crippen LogP contribution in [0.4, 0.5) is 0 Å². The summed E-state index contributed by atoms with van der Waals surface area (Å²) in [7, 11) is 0. The Morgan fingerprint density at radius 2 is 0.886 bits per heavy atom. The lowest BCUT2D eigenvalue weighted by Crippen LogP contribution is -2.06. The van der Waals surface area contributed by atoms with Gasteiger partial charge in [0.05, 0.1) is 22.1 Å². The van der Waals surface area contributed by atoms with E-state index in [1.54, 1.807) is 0 Å². The fourth-order valence-electron chi connectivity index (χ4n) is 6.50. The highest BCUT2D eigenvalue weighted by molar-refractivity contribution is 6.15. The molecular weight excluding hydrogens is 538 g/mol. The molecule has 44 heavy (non-hydrogen) atoms. The molecule has 0 aliphatic rings. The van der Waals surface area contributed by atoms with Gasteiger partial charge in [0.25, 0.3) is 0 Å². The molecule has 0 aliphatic carbocycles. The van der Waals surface area contributed by atoms with Gasteiger partial charge >= 0.3 is 0 Å². The molecule has 3 heterocycles. The van der Waals surface area contributed by atoms with Crippen LogP contribution in [-0.4, -0.2) is 24.1 Å². The van der Waals surface area contributed by atoms with Crippen molar-refractivity contribution in [3.63, 3.8) is 0 Å². The molecule has 6 aromatic carbocycles. The third-order valence-electron chi connectivity index (χ3n) is 8.39. The number of hydrogen-bond donors (Lipinski definition) is 0. The lowest BCUT2D eigenvalue weighted by molar-refractivity contribution is 0.954. The molecule has 5 nitrogen and oxygen atoms in total. The second-order valence-electron chi connectivity index (χ2n) is 10.9. The van der Waals surface area contributed by atoms with Crippen molar-refractivity contribution in [2.75, 3.05) is 0 Å². The first-order chi connectivity index (χ1) is 21.8. The van der Waals surface area contributed by atoms with Crippen molar-refractivity contribution >= 4 is 43.6 Å². The summed E-state index contributed by atoms with van der Waals surface area (Å²) in [5.41, 5.74) is 7.39. The molecule has 0 radical (unpaired) electrons. The SMILES string of the molecule is c1ccc(-c2nc(-c3cccc4c3c3ccccc3n4-c3ccccc3)nc(-n3c4ccccc4c4ccccc43)n2)cc1. The Morgan fingerprint density at radius 3 is 1.57 bits per heavy atom. The van der Waals surface area contributed by atoms with Gasteiger partial charge in [-0.25, -0.2) is 4.98 Å². The van der Waals surface area contributed by atoms with Crippen molar-refractivity contribution in [1.29, 1.82) is 0 Å². The second kappa shape index (κ2) is 9.75. The second-order valence-corrected chi connectivity index (χ2v) is 10.9. The summed E-state index contributed by atoms with van der Waals surface area (Å²) in [5, 5.41) is 4.60. The predicted octanol–water partition coefficient (Wildman–Crippen LogP) is 9.40. The number of benzene rings is 6. The maximum Gasteiger partial charge on any atom is 0.238 e. The molecule has 0 fully saturated rings. The zero-order valence-electron chi connectivity index (χ0n) is 23.7. The topological polar surface area (TPSA) is 48.5 Å². The first kappa shape index (κ1) is 24.5. The van der Waals surface area contributed by atoms with Gasteiger partial charge in [0.2, 0.25) is 5.95 Å². The van der Waals surface area contributed by atoms with Crippen LogP contribution in [0.1, 0.15) is 0 Å². The van der Waals surface area contributed by atoms with Gasteiger partial charge in [-0.15, -0.1) is 0 Å². The van der Waals surface area contributed by atoms with Crippen LogP contribution in [0.25, 0.3) is 78.0 Å². The molecule has 0 saturated carbocycles. The average molecular weight is 564 g/mol. The van der Waals surface area contributed by atoms with E-state index in [0.717, 1.165) is 49.7 Å². The lowest BCUT2D eigenvalue weighted by atomic mass is 10.1. The third-order valence-corrected chi connectivity index (χ3v) is 8.39. The van der Waals surface area contributed by atoms with Gasteiger partial charge in [-0.2, -0.15) is 9.97 Å². The zero-order chi connectivity index (χ0) is 29.0. The normalized spacial score (nSPS) is 11.6. The zero-order valence-corrected chi connectivity index (χ0v) is 23.7. The molecule has 0 amide bonds. The molecule has 0 unspecified atom stereocenters. The van der Waals surface area contributed by atoms with Crippen molar-refractivity contribution in [3.05, 3.63) is 152 Å². The van der Waals surface area contributed by atoms with Crippen molar-refractivity contribution in [2.45, 2.75) is 0 Å². The van der Waals surface area contributed by atoms with Crippen LogP contribution in [0.5, 0.6) is 0 Å². The van der Waals surface area contributed by atoms with E-state index in [2.05, 4.69) is 143 Å². The van der Waals surface area contributed by atoms with Crippen molar-refractivity contribution in [3.8, 4) is 34.4 Å². The summed E-state index contributed by atoms with van der Waals surface area (Å²) in [5.74, 6) is 1.86.